The fourth-order valence-corrected chi connectivity index (χ4v) is 3.08. The summed E-state index contributed by atoms with van der Waals surface area (Å²) in [5, 5.41) is 4.88. The van der Waals surface area contributed by atoms with Gasteiger partial charge in [-0.15, -0.1) is 0 Å². The van der Waals surface area contributed by atoms with E-state index in [4.69, 9.17) is 4.52 Å². The molecule has 1 aromatic carbocycles. The number of para-hydroxylation sites is 1. The molecule has 0 saturated carbocycles. The Morgan fingerprint density at radius 2 is 1.80 bits per heavy atom. The number of aryl methyl sites for hydroxylation is 1. The molecule has 2 heterocycles. The van der Waals surface area contributed by atoms with Crippen LogP contribution in [-0.2, 0) is 12.8 Å². The van der Waals surface area contributed by atoms with Gasteiger partial charge in [-0.3, -0.25) is 4.79 Å². The lowest BCUT2D eigenvalue weighted by Gasteiger charge is -2.17. The maximum atomic E-state index is 12.8. The summed E-state index contributed by atoms with van der Waals surface area (Å²) < 4.78 is 7.01. The first-order valence-corrected chi connectivity index (χ1v) is 6.93. The number of aromatic nitrogens is 2. The molecule has 3 aromatic rings. The highest BCUT2D eigenvalue weighted by Crippen LogP contribution is 2.27. The zero-order valence-corrected chi connectivity index (χ0v) is 11.0. The van der Waals surface area contributed by atoms with E-state index in [0.717, 1.165) is 47.9 Å². The second kappa shape index (κ2) is 4.34. The van der Waals surface area contributed by atoms with E-state index in [2.05, 4.69) is 5.16 Å². The molecule has 0 amide bonds. The fraction of sp³-hybridized carbons (Fsp3) is 0.250. The lowest BCUT2D eigenvalue weighted by Crippen LogP contribution is -2.26. The van der Waals surface area contributed by atoms with Gasteiger partial charge in [0.2, 0.25) is 5.71 Å². The summed E-state index contributed by atoms with van der Waals surface area (Å²) in [6, 6.07) is 9.61. The molecule has 0 fully saturated rings. The van der Waals surface area contributed by atoms with E-state index in [1.807, 2.05) is 30.3 Å². The van der Waals surface area contributed by atoms with Gasteiger partial charge in [0.25, 0.3) is 5.56 Å². The van der Waals surface area contributed by atoms with Crippen molar-refractivity contribution in [2.24, 2.45) is 0 Å². The molecule has 1 aliphatic carbocycles. The van der Waals surface area contributed by atoms with Crippen LogP contribution >= 0.6 is 0 Å². The van der Waals surface area contributed by atoms with Crippen LogP contribution in [0.2, 0.25) is 0 Å². The minimum Gasteiger partial charge on any atom is -0.337 e. The molecule has 0 spiro atoms. The van der Waals surface area contributed by atoms with Gasteiger partial charge in [0, 0.05) is 5.56 Å². The molecule has 4 nitrogen and oxygen atoms in total. The van der Waals surface area contributed by atoms with Crippen molar-refractivity contribution in [3.05, 3.63) is 58.0 Å². The number of pyridine rings is 1. The van der Waals surface area contributed by atoms with Gasteiger partial charge in [-0.05, 0) is 43.4 Å². The summed E-state index contributed by atoms with van der Waals surface area (Å²) in [5.74, 6) is 0. The highest BCUT2D eigenvalue weighted by molar-refractivity contribution is 5.80. The van der Waals surface area contributed by atoms with Crippen molar-refractivity contribution in [1.29, 1.82) is 0 Å². The van der Waals surface area contributed by atoms with E-state index in [9.17, 15) is 4.79 Å². The molecule has 4 rings (SSSR count). The molecule has 20 heavy (non-hydrogen) atoms. The third kappa shape index (κ3) is 1.54. The van der Waals surface area contributed by atoms with E-state index in [1.165, 1.54) is 0 Å². The van der Waals surface area contributed by atoms with E-state index in [1.54, 1.807) is 10.8 Å². The molecule has 1 aliphatic rings. The molecular weight excluding hydrogens is 252 g/mol. The van der Waals surface area contributed by atoms with Gasteiger partial charge in [0.15, 0.2) is 0 Å². The number of hydrogen-bond donors (Lipinski definition) is 0. The average Bonchev–Trinajstić information content (AvgIpc) is 2.98. The summed E-state index contributed by atoms with van der Waals surface area (Å²) in [4.78, 5) is 12.8. The van der Waals surface area contributed by atoms with Crippen molar-refractivity contribution >= 4 is 11.1 Å². The normalized spacial score (nSPS) is 14.4. The van der Waals surface area contributed by atoms with Crippen LogP contribution in [-0.4, -0.2) is 9.72 Å². The zero-order valence-electron chi connectivity index (χ0n) is 11.0. The van der Waals surface area contributed by atoms with Crippen LogP contribution in [0.1, 0.15) is 24.0 Å². The van der Waals surface area contributed by atoms with Crippen molar-refractivity contribution in [2.45, 2.75) is 25.7 Å². The van der Waals surface area contributed by atoms with E-state index < -0.39 is 0 Å². The third-order valence-corrected chi connectivity index (χ3v) is 4.02. The Morgan fingerprint density at radius 1 is 1.05 bits per heavy atom. The molecule has 0 aliphatic heterocycles. The highest BCUT2D eigenvalue weighted by atomic mass is 16.5. The number of benzene rings is 1. The molecule has 2 aromatic heterocycles. The van der Waals surface area contributed by atoms with Crippen LogP contribution in [0.3, 0.4) is 0 Å². The zero-order chi connectivity index (χ0) is 13.5. The van der Waals surface area contributed by atoms with Crippen LogP contribution in [0, 0.1) is 0 Å². The lowest BCUT2D eigenvalue weighted by molar-refractivity contribution is 0.441. The summed E-state index contributed by atoms with van der Waals surface area (Å²) in [5.41, 5.74) is 3.48. The Bertz CT molecular complexity index is 831. The van der Waals surface area contributed by atoms with Crippen molar-refractivity contribution in [3.8, 4) is 5.69 Å². The second-order valence-corrected chi connectivity index (χ2v) is 5.18. The van der Waals surface area contributed by atoms with Gasteiger partial charge in [-0.25, -0.2) is 4.57 Å². The molecule has 0 unspecified atom stereocenters. The maximum Gasteiger partial charge on any atom is 0.261 e. The molecule has 0 bridgehead atoms. The Hall–Kier alpha value is -2.36. The van der Waals surface area contributed by atoms with E-state index in [-0.39, 0.29) is 5.56 Å². The van der Waals surface area contributed by atoms with Gasteiger partial charge < -0.3 is 4.52 Å². The summed E-state index contributed by atoms with van der Waals surface area (Å²) in [6.07, 6.45) is 5.73. The SMILES string of the molecule is O=c1c2c(c3cnoc3n1-c1ccccc1)CCCC2. The number of hydrogen-bond acceptors (Lipinski definition) is 3. The Morgan fingerprint density at radius 3 is 2.60 bits per heavy atom. The van der Waals surface area contributed by atoms with Gasteiger partial charge in [-0.1, -0.05) is 23.4 Å². The maximum absolute atomic E-state index is 12.8. The molecule has 0 saturated heterocycles. The predicted molar refractivity (Wildman–Crippen MR) is 76.2 cm³/mol. The first kappa shape index (κ1) is 11.5. The fourth-order valence-electron chi connectivity index (χ4n) is 3.08. The largest absolute Gasteiger partial charge is 0.337 e. The van der Waals surface area contributed by atoms with Crippen molar-refractivity contribution in [2.75, 3.05) is 0 Å². The second-order valence-electron chi connectivity index (χ2n) is 5.18. The first-order valence-electron chi connectivity index (χ1n) is 6.93. The van der Waals surface area contributed by atoms with E-state index >= 15 is 0 Å². The lowest BCUT2D eigenvalue weighted by atomic mass is 9.91. The number of rotatable bonds is 1. The van der Waals surface area contributed by atoms with Crippen LogP contribution < -0.4 is 5.56 Å². The number of fused-ring (bicyclic) bond motifs is 3. The van der Waals surface area contributed by atoms with Crippen molar-refractivity contribution < 1.29 is 4.52 Å². The van der Waals surface area contributed by atoms with Crippen LogP contribution in [0.25, 0.3) is 16.8 Å². The van der Waals surface area contributed by atoms with Crippen LogP contribution in [0.4, 0.5) is 0 Å². The molecule has 0 atom stereocenters. The molecule has 4 heteroatoms. The van der Waals surface area contributed by atoms with Gasteiger partial charge in [0.1, 0.15) is 0 Å². The minimum atomic E-state index is 0.0372. The minimum absolute atomic E-state index is 0.0372. The average molecular weight is 266 g/mol. The van der Waals surface area contributed by atoms with Crippen molar-refractivity contribution in [1.82, 2.24) is 9.72 Å². The van der Waals surface area contributed by atoms with Crippen molar-refractivity contribution in [3.63, 3.8) is 0 Å². The topological polar surface area (TPSA) is 48.0 Å². The third-order valence-electron chi connectivity index (χ3n) is 4.02. The Balaban J connectivity index is 2.14. The highest BCUT2D eigenvalue weighted by Gasteiger charge is 2.22. The summed E-state index contributed by atoms with van der Waals surface area (Å²) >= 11 is 0. The van der Waals surface area contributed by atoms with Gasteiger partial charge >= 0.3 is 0 Å². The van der Waals surface area contributed by atoms with Crippen LogP contribution in [0.15, 0.2) is 45.8 Å². The monoisotopic (exact) mass is 266 g/mol. The van der Waals surface area contributed by atoms with Crippen LogP contribution in [0.5, 0.6) is 0 Å². The van der Waals surface area contributed by atoms with Gasteiger partial charge in [0.05, 0.1) is 17.3 Å². The molecular formula is C16H14N2O2. The van der Waals surface area contributed by atoms with Gasteiger partial charge in [-0.2, -0.15) is 0 Å². The number of nitrogens with zero attached hydrogens (tertiary/aromatic N) is 2. The standard InChI is InChI=1S/C16H14N2O2/c19-15-13-9-5-4-8-12(13)14-10-17-20-16(14)18(15)11-6-2-1-3-7-11/h1-3,6-7,10H,4-5,8-9H2. The molecule has 100 valence electrons. The van der Waals surface area contributed by atoms with E-state index in [0.29, 0.717) is 5.71 Å². The molecule has 0 radical (unpaired) electrons. The first-order chi connectivity index (χ1) is 9.86. The predicted octanol–water partition coefficient (Wildman–Crippen LogP) is 2.86. The summed E-state index contributed by atoms with van der Waals surface area (Å²) in [6.45, 7) is 0. The molecule has 0 N–H and O–H groups in total. The Labute approximate surface area is 115 Å². The Kier molecular flexibility index (Phi) is 2.49. The smallest absolute Gasteiger partial charge is 0.261 e. The summed E-state index contributed by atoms with van der Waals surface area (Å²) in [7, 11) is 0. The quantitative estimate of drug-likeness (QED) is 0.680.